The maximum atomic E-state index is 12.3. The van der Waals surface area contributed by atoms with Crippen molar-refractivity contribution in [3.05, 3.63) is 65.0 Å². The highest BCUT2D eigenvalue weighted by molar-refractivity contribution is 7.92. The Kier molecular flexibility index (Phi) is 4.34. The van der Waals surface area contributed by atoms with Crippen LogP contribution in [0.5, 0.6) is 0 Å². The minimum atomic E-state index is -3.67. The van der Waals surface area contributed by atoms with Gasteiger partial charge in [-0.1, -0.05) is 42.5 Å². The van der Waals surface area contributed by atoms with E-state index in [2.05, 4.69) is 16.4 Å². The van der Waals surface area contributed by atoms with Crippen molar-refractivity contribution in [1.82, 2.24) is 4.98 Å². The molecule has 0 bridgehead atoms. The Morgan fingerprint density at radius 2 is 1.77 bits per heavy atom. The number of hydrogen-bond acceptors (Lipinski definition) is 5. The molecule has 2 aromatic carbocycles. The van der Waals surface area contributed by atoms with Gasteiger partial charge in [-0.3, -0.25) is 4.79 Å². The van der Waals surface area contributed by atoms with Gasteiger partial charge in [0, 0.05) is 10.4 Å². The number of carbonyl (C=O) groups is 1. The molecule has 5 nitrogen and oxygen atoms in total. The Hall–Kier alpha value is -2.51. The molecule has 0 fully saturated rings. The lowest BCUT2D eigenvalue weighted by molar-refractivity contribution is -0.113. The fourth-order valence-corrected chi connectivity index (χ4v) is 5.19. The van der Waals surface area contributed by atoms with Gasteiger partial charge in [0.05, 0.1) is 10.6 Å². The molecular formula is C19H16N2O3S2. The minimum Gasteiger partial charge on any atom is -0.301 e. The fraction of sp³-hybridized carbons (Fsp3) is 0.158. The van der Waals surface area contributed by atoms with E-state index >= 15 is 0 Å². The molecule has 1 heterocycles. The summed E-state index contributed by atoms with van der Waals surface area (Å²) in [5, 5.41) is 3.09. The molecule has 4 rings (SSSR count). The molecule has 3 aromatic rings. The molecule has 0 radical (unpaired) electrons. The van der Waals surface area contributed by atoms with Crippen LogP contribution in [0, 0.1) is 0 Å². The summed E-state index contributed by atoms with van der Waals surface area (Å²) in [4.78, 5) is 18.0. The second-order valence-corrected chi connectivity index (χ2v) is 9.14. The first-order valence-corrected chi connectivity index (χ1v) is 10.7. The van der Waals surface area contributed by atoms with Gasteiger partial charge in [-0.15, -0.1) is 11.3 Å². The van der Waals surface area contributed by atoms with Crippen molar-refractivity contribution in [3.63, 3.8) is 0 Å². The van der Waals surface area contributed by atoms with Crippen LogP contribution in [0.4, 0.5) is 5.13 Å². The SMILES string of the molecule is O=C(CS(=O)(=O)c1ccccc1)Nc1nc2c(s1)CCc1ccccc1-2. The van der Waals surface area contributed by atoms with Crippen LogP contribution < -0.4 is 5.32 Å². The van der Waals surface area contributed by atoms with Crippen LogP contribution in [-0.4, -0.2) is 25.1 Å². The normalized spacial score (nSPS) is 12.9. The Balaban J connectivity index is 1.53. The van der Waals surface area contributed by atoms with Crippen LogP contribution in [0.25, 0.3) is 11.3 Å². The number of thiazole rings is 1. The quantitative estimate of drug-likeness (QED) is 0.749. The molecule has 0 saturated carbocycles. The number of aryl methyl sites for hydroxylation is 2. The average molecular weight is 384 g/mol. The molecule has 26 heavy (non-hydrogen) atoms. The number of amides is 1. The van der Waals surface area contributed by atoms with Crippen molar-refractivity contribution in [2.75, 3.05) is 11.1 Å². The molecule has 7 heteroatoms. The number of fused-ring (bicyclic) bond motifs is 3. The Labute approximate surface area is 155 Å². The van der Waals surface area contributed by atoms with Crippen LogP contribution >= 0.6 is 11.3 Å². The summed E-state index contributed by atoms with van der Waals surface area (Å²) in [5.41, 5.74) is 3.22. The number of aromatic nitrogens is 1. The number of anilines is 1. The van der Waals surface area contributed by atoms with E-state index in [0.717, 1.165) is 29.0 Å². The summed E-state index contributed by atoms with van der Waals surface area (Å²) in [6.07, 6.45) is 1.82. The zero-order valence-electron chi connectivity index (χ0n) is 13.8. The predicted molar refractivity (Wildman–Crippen MR) is 102 cm³/mol. The van der Waals surface area contributed by atoms with Crippen molar-refractivity contribution in [2.24, 2.45) is 0 Å². The highest BCUT2D eigenvalue weighted by Crippen LogP contribution is 2.37. The summed E-state index contributed by atoms with van der Waals surface area (Å²) >= 11 is 1.41. The molecular weight excluding hydrogens is 368 g/mol. The summed E-state index contributed by atoms with van der Waals surface area (Å²) in [6, 6.07) is 16.1. The highest BCUT2D eigenvalue weighted by atomic mass is 32.2. The summed E-state index contributed by atoms with van der Waals surface area (Å²) in [5.74, 6) is -1.18. The molecule has 0 saturated heterocycles. The van der Waals surface area contributed by atoms with Crippen LogP contribution in [0.3, 0.4) is 0 Å². The Bertz CT molecular complexity index is 1070. The highest BCUT2D eigenvalue weighted by Gasteiger charge is 2.23. The predicted octanol–water partition coefficient (Wildman–Crippen LogP) is 3.32. The average Bonchev–Trinajstić information content (AvgIpc) is 3.04. The van der Waals surface area contributed by atoms with Crippen molar-refractivity contribution in [1.29, 1.82) is 0 Å². The summed E-state index contributed by atoms with van der Waals surface area (Å²) < 4.78 is 24.6. The van der Waals surface area contributed by atoms with E-state index in [-0.39, 0.29) is 4.90 Å². The van der Waals surface area contributed by atoms with Crippen molar-refractivity contribution < 1.29 is 13.2 Å². The molecule has 132 valence electrons. The topological polar surface area (TPSA) is 76.1 Å². The Morgan fingerprint density at radius 3 is 2.58 bits per heavy atom. The van der Waals surface area contributed by atoms with Gasteiger partial charge < -0.3 is 5.32 Å². The van der Waals surface area contributed by atoms with Gasteiger partial charge in [-0.25, -0.2) is 13.4 Å². The molecule has 0 spiro atoms. The van der Waals surface area contributed by atoms with E-state index in [1.807, 2.05) is 18.2 Å². The number of carbonyl (C=O) groups excluding carboxylic acids is 1. The van der Waals surface area contributed by atoms with Crippen LogP contribution in [0.15, 0.2) is 59.5 Å². The number of hydrogen-bond donors (Lipinski definition) is 1. The second-order valence-electron chi connectivity index (χ2n) is 6.07. The Morgan fingerprint density at radius 1 is 1.04 bits per heavy atom. The molecule has 1 amide bonds. The van der Waals surface area contributed by atoms with E-state index in [4.69, 9.17) is 0 Å². The smallest absolute Gasteiger partial charge is 0.241 e. The van der Waals surface area contributed by atoms with Gasteiger partial charge in [0.1, 0.15) is 5.75 Å². The first-order chi connectivity index (χ1) is 12.5. The molecule has 0 aliphatic heterocycles. The monoisotopic (exact) mass is 384 g/mol. The molecule has 0 atom stereocenters. The minimum absolute atomic E-state index is 0.141. The van der Waals surface area contributed by atoms with Gasteiger partial charge in [0.15, 0.2) is 15.0 Å². The number of sulfone groups is 1. The van der Waals surface area contributed by atoms with E-state index in [1.165, 1.54) is 29.0 Å². The third-order valence-corrected chi connectivity index (χ3v) is 6.92. The van der Waals surface area contributed by atoms with E-state index in [1.54, 1.807) is 18.2 Å². The van der Waals surface area contributed by atoms with Crippen LogP contribution in [0.1, 0.15) is 10.4 Å². The van der Waals surface area contributed by atoms with E-state index in [9.17, 15) is 13.2 Å². The fourth-order valence-electron chi connectivity index (χ4n) is 3.04. The molecule has 1 N–H and O–H groups in total. The molecule has 1 aliphatic carbocycles. The maximum absolute atomic E-state index is 12.3. The molecule has 0 unspecified atom stereocenters. The zero-order valence-corrected chi connectivity index (χ0v) is 15.4. The van der Waals surface area contributed by atoms with Crippen LogP contribution in [-0.2, 0) is 27.5 Å². The van der Waals surface area contributed by atoms with Crippen molar-refractivity contribution in [3.8, 4) is 11.3 Å². The standard InChI is InChI=1S/C19H16N2O3S2/c22-17(12-26(23,24)14-7-2-1-3-8-14)20-19-21-18-15-9-5-4-6-13(15)10-11-16(18)25-19/h1-9H,10-12H2,(H,20,21,22). The lowest BCUT2D eigenvalue weighted by atomic mass is 9.94. The van der Waals surface area contributed by atoms with Gasteiger partial charge in [0.2, 0.25) is 5.91 Å². The summed E-state index contributed by atoms with van der Waals surface area (Å²) in [6.45, 7) is 0. The molecule has 1 aromatic heterocycles. The number of nitrogens with one attached hydrogen (secondary N) is 1. The van der Waals surface area contributed by atoms with Crippen molar-refractivity contribution in [2.45, 2.75) is 17.7 Å². The van der Waals surface area contributed by atoms with Gasteiger partial charge in [-0.2, -0.15) is 0 Å². The van der Waals surface area contributed by atoms with Gasteiger partial charge in [0.25, 0.3) is 0 Å². The second kappa shape index (κ2) is 6.66. The lowest BCUT2D eigenvalue weighted by Gasteiger charge is -2.13. The largest absolute Gasteiger partial charge is 0.301 e. The first-order valence-electron chi connectivity index (χ1n) is 8.18. The van der Waals surface area contributed by atoms with E-state index in [0.29, 0.717) is 5.13 Å². The van der Waals surface area contributed by atoms with E-state index < -0.39 is 21.5 Å². The molecule has 1 aliphatic rings. The van der Waals surface area contributed by atoms with Crippen molar-refractivity contribution >= 4 is 32.2 Å². The third-order valence-electron chi connectivity index (χ3n) is 4.26. The number of nitrogens with zero attached hydrogens (tertiary/aromatic N) is 1. The summed E-state index contributed by atoms with van der Waals surface area (Å²) in [7, 11) is -3.67. The first kappa shape index (κ1) is 16.9. The number of rotatable bonds is 4. The number of benzene rings is 2. The van der Waals surface area contributed by atoms with Gasteiger partial charge >= 0.3 is 0 Å². The lowest BCUT2D eigenvalue weighted by Crippen LogP contribution is -2.22. The maximum Gasteiger partial charge on any atom is 0.241 e. The van der Waals surface area contributed by atoms with Gasteiger partial charge in [-0.05, 0) is 30.5 Å². The third kappa shape index (κ3) is 3.27. The van der Waals surface area contributed by atoms with Crippen LogP contribution in [0.2, 0.25) is 0 Å². The zero-order chi connectivity index (χ0) is 18.1.